The van der Waals surface area contributed by atoms with Crippen LogP contribution in [0.1, 0.15) is 45.7 Å². The van der Waals surface area contributed by atoms with Crippen LogP contribution in [0.4, 0.5) is 0 Å². The number of ketones is 1. The molecular weight excluding hydrogens is 402 g/mol. The summed E-state index contributed by atoms with van der Waals surface area (Å²) in [6, 6.07) is 12.5. The summed E-state index contributed by atoms with van der Waals surface area (Å²) in [4.78, 5) is 28.4. The molecule has 0 atom stereocenters. The van der Waals surface area contributed by atoms with E-state index < -0.39 is 5.97 Å². The average molecular weight is 423 g/mol. The minimum atomic E-state index is -1.02. The number of phenolic OH excluding ortho intramolecular Hbond substituents is 1. The Hall–Kier alpha value is -3.32. The van der Waals surface area contributed by atoms with Gasteiger partial charge in [0, 0.05) is 27.7 Å². The summed E-state index contributed by atoms with van der Waals surface area (Å²) in [6.45, 7) is 3.59. The Kier molecular flexibility index (Phi) is 6.74. The molecule has 1 aromatic heterocycles. The number of hydrogen-bond acceptors (Lipinski definition) is 6. The van der Waals surface area contributed by atoms with Gasteiger partial charge in [-0.3, -0.25) is 9.78 Å². The maximum absolute atomic E-state index is 11.6. The Morgan fingerprint density at radius 1 is 1.10 bits per heavy atom. The van der Waals surface area contributed by atoms with Gasteiger partial charge in [-0.1, -0.05) is 30.8 Å². The molecule has 2 aromatic carbocycles. The molecule has 0 bridgehead atoms. The lowest BCUT2D eigenvalue weighted by atomic mass is 10.0. The van der Waals surface area contributed by atoms with E-state index in [1.54, 1.807) is 24.4 Å². The zero-order chi connectivity index (χ0) is 21.7. The van der Waals surface area contributed by atoms with Crippen molar-refractivity contribution in [3.63, 3.8) is 0 Å². The number of carbonyl (C=O) groups excluding carboxylic acids is 1. The highest BCUT2D eigenvalue weighted by molar-refractivity contribution is 7.99. The first-order valence-corrected chi connectivity index (χ1v) is 10.1. The van der Waals surface area contributed by atoms with E-state index in [9.17, 15) is 14.7 Å². The van der Waals surface area contributed by atoms with E-state index in [1.165, 1.54) is 24.9 Å². The smallest absolute Gasteiger partial charge is 0.337 e. The number of aromatic hydroxyl groups is 1. The fraction of sp³-hybridized carbons (Fsp3) is 0.174. The molecule has 0 unspecified atom stereocenters. The highest BCUT2D eigenvalue weighted by atomic mass is 32.2. The standard InChI is InChI=1S/C23H21NO5S/c1-3-19-21(8-7-20(14(2)25)22(19)26)29-13-15-5-4-6-17(9-15)30-18-10-16(23(27)28)11-24-12-18/h4-12,26H,3,13H2,1-2H3,(H,27,28). The van der Waals surface area contributed by atoms with Crippen molar-refractivity contribution in [2.24, 2.45) is 0 Å². The van der Waals surface area contributed by atoms with Crippen LogP contribution in [0.3, 0.4) is 0 Å². The molecular formula is C23H21NO5S. The van der Waals surface area contributed by atoms with Crippen LogP contribution in [-0.4, -0.2) is 26.9 Å². The van der Waals surface area contributed by atoms with Crippen molar-refractivity contribution in [2.75, 3.05) is 0 Å². The number of carboxylic acid groups (broad SMARTS) is 1. The Morgan fingerprint density at radius 2 is 1.90 bits per heavy atom. The van der Waals surface area contributed by atoms with Crippen LogP contribution in [0.15, 0.2) is 64.6 Å². The Balaban J connectivity index is 1.75. The summed E-state index contributed by atoms with van der Waals surface area (Å²) in [6.07, 6.45) is 3.47. The van der Waals surface area contributed by atoms with Gasteiger partial charge in [-0.25, -0.2) is 4.79 Å². The van der Waals surface area contributed by atoms with Crippen LogP contribution in [0.25, 0.3) is 0 Å². The third-order valence-corrected chi connectivity index (χ3v) is 5.41. The van der Waals surface area contributed by atoms with E-state index in [2.05, 4.69) is 4.98 Å². The number of pyridine rings is 1. The molecule has 0 spiro atoms. The van der Waals surface area contributed by atoms with Crippen LogP contribution in [-0.2, 0) is 13.0 Å². The van der Waals surface area contributed by atoms with Gasteiger partial charge in [-0.05, 0) is 49.2 Å². The third-order valence-electron chi connectivity index (χ3n) is 4.46. The Labute approximate surface area is 178 Å². The number of ether oxygens (including phenoxy) is 1. The maximum Gasteiger partial charge on any atom is 0.337 e. The van der Waals surface area contributed by atoms with Crippen molar-refractivity contribution in [1.82, 2.24) is 4.98 Å². The predicted molar refractivity (Wildman–Crippen MR) is 114 cm³/mol. The van der Waals surface area contributed by atoms with E-state index in [-0.39, 0.29) is 29.3 Å². The lowest BCUT2D eigenvalue weighted by Gasteiger charge is -2.14. The van der Waals surface area contributed by atoms with Gasteiger partial charge in [-0.15, -0.1) is 0 Å². The first-order valence-electron chi connectivity index (χ1n) is 9.32. The van der Waals surface area contributed by atoms with E-state index >= 15 is 0 Å². The largest absolute Gasteiger partial charge is 0.507 e. The zero-order valence-electron chi connectivity index (χ0n) is 16.6. The molecule has 3 aromatic rings. The van der Waals surface area contributed by atoms with Gasteiger partial charge in [-0.2, -0.15) is 0 Å². The first kappa shape index (κ1) is 21.4. The van der Waals surface area contributed by atoms with Crippen molar-refractivity contribution >= 4 is 23.5 Å². The second-order valence-electron chi connectivity index (χ2n) is 6.60. The molecule has 0 aliphatic rings. The zero-order valence-corrected chi connectivity index (χ0v) is 17.4. The number of nitrogens with zero attached hydrogens (tertiary/aromatic N) is 1. The molecule has 7 heteroatoms. The van der Waals surface area contributed by atoms with Crippen LogP contribution >= 0.6 is 11.8 Å². The predicted octanol–water partition coefficient (Wildman–Crippen LogP) is 4.98. The quantitative estimate of drug-likeness (QED) is 0.493. The van der Waals surface area contributed by atoms with Crippen LogP contribution in [0.5, 0.6) is 11.5 Å². The molecule has 0 saturated heterocycles. The molecule has 0 fully saturated rings. The fourth-order valence-corrected chi connectivity index (χ4v) is 3.89. The van der Waals surface area contributed by atoms with Gasteiger partial charge in [0.2, 0.25) is 0 Å². The topological polar surface area (TPSA) is 96.7 Å². The summed E-state index contributed by atoms with van der Waals surface area (Å²) >= 11 is 1.41. The number of aromatic carboxylic acids is 1. The molecule has 2 N–H and O–H groups in total. The highest BCUT2D eigenvalue weighted by Crippen LogP contribution is 2.33. The van der Waals surface area contributed by atoms with Gasteiger partial charge in [0.1, 0.15) is 18.1 Å². The van der Waals surface area contributed by atoms with E-state index in [1.807, 2.05) is 31.2 Å². The molecule has 6 nitrogen and oxygen atoms in total. The van der Waals surface area contributed by atoms with Gasteiger partial charge in [0.05, 0.1) is 11.1 Å². The summed E-state index contributed by atoms with van der Waals surface area (Å²) in [5.74, 6) is -0.702. The molecule has 0 amide bonds. The van der Waals surface area contributed by atoms with E-state index in [0.29, 0.717) is 17.7 Å². The number of carboxylic acids is 1. The number of benzene rings is 2. The normalized spacial score (nSPS) is 10.6. The van der Waals surface area contributed by atoms with Crippen molar-refractivity contribution in [3.05, 3.63) is 77.1 Å². The van der Waals surface area contributed by atoms with Gasteiger partial charge < -0.3 is 14.9 Å². The Bertz CT molecular complexity index is 1100. The number of phenols is 1. The maximum atomic E-state index is 11.6. The van der Waals surface area contributed by atoms with Crippen molar-refractivity contribution in [2.45, 2.75) is 36.7 Å². The Morgan fingerprint density at radius 3 is 2.60 bits per heavy atom. The van der Waals surface area contributed by atoms with Gasteiger partial charge in [0.25, 0.3) is 0 Å². The summed E-state index contributed by atoms with van der Waals surface area (Å²) in [7, 11) is 0. The lowest BCUT2D eigenvalue weighted by Crippen LogP contribution is -2.02. The molecule has 0 radical (unpaired) electrons. The van der Waals surface area contributed by atoms with E-state index in [4.69, 9.17) is 9.84 Å². The molecule has 154 valence electrons. The number of hydrogen-bond donors (Lipinski definition) is 2. The number of Topliss-reactive ketones (excluding diaryl/α,β-unsaturated/α-hetero) is 1. The lowest BCUT2D eigenvalue weighted by molar-refractivity contribution is 0.0696. The van der Waals surface area contributed by atoms with Crippen LogP contribution < -0.4 is 4.74 Å². The first-order chi connectivity index (χ1) is 14.4. The number of carbonyl (C=O) groups is 2. The molecule has 0 aliphatic heterocycles. The second kappa shape index (κ2) is 9.45. The molecule has 30 heavy (non-hydrogen) atoms. The average Bonchev–Trinajstić information content (AvgIpc) is 2.72. The minimum absolute atomic E-state index is 0.0300. The van der Waals surface area contributed by atoms with Crippen molar-refractivity contribution < 1.29 is 24.5 Å². The summed E-state index contributed by atoms with van der Waals surface area (Å²) in [5, 5.41) is 19.5. The number of rotatable bonds is 8. The molecule has 1 heterocycles. The highest BCUT2D eigenvalue weighted by Gasteiger charge is 2.15. The third kappa shape index (κ3) is 4.99. The van der Waals surface area contributed by atoms with Crippen molar-refractivity contribution in [1.29, 1.82) is 0 Å². The van der Waals surface area contributed by atoms with E-state index in [0.717, 1.165) is 15.4 Å². The summed E-state index contributed by atoms with van der Waals surface area (Å²) < 4.78 is 5.91. The van der Waals surface area contributed by atoms with Crippen LogP contribution in [0.2, 0.25) is 0 Å². The second-order valence-corrected chi connectivity index (χ2v) is 7.75. The number of aromatic nitrogens is 1. The van der Waals surface area contributed by atoms with Crippen molar-refractivity contribution in [3.8, 4) is 11.5 Å². The monoisotopic (exact) mass is 423 g/mol. The summed E-state index contributed by atoms with van der Waals surface area (Å²) in [5.41, 5.74) is 1.94. The minimum Gasteiger partial charge on any atom is -0.507 e. The SMILES string of the molecule is CCc1c(OCc2cccc(Sc3cncc(C(=O)O)c3)c2)ccc(C(C)=O)c1O. The fourth-order valence-electron chi connectivity index (χ4n) is 2.97. The molecule has 0 saturated carbocycles. The van der Waals surface area contributed by atoms with Gasteiger partial charge >= 0.3 is 5.97 Å². The van der Waals surface area contributed by atoms with Crippen LogP contribution in [0, 0.1) is 0 Å². The van der Waals surface area contributed by atoms with Gasteiger partial charge in [0.15, 0.2) is 5.78 Å². The molecule has 0 aliphatic carbocycles. The molecule has 3 rings (SSSR count).